The Morgan fingerprint density at radius 2 is 1.72 bits per heavy atom. The molecule has 3 aromatic rings. The van der Waals surface area contributed by atoms with Crippen molar-refractivity contribution in [3.8, 4) is 0 Å². The van der Waals surface area contributed by atoms with E-state index in [2.05, 4.69) is 21.9 Å². The monoisotopic (exact) mass is 429 g/mol. The van der Waals surface area contributed by atoms with Crippen LogP contribution in [0.2, 0.25) is 0 Å². The lowest BCUT2D eigenvalue weighted by molar-refractivity contribution is -0.114. The molecule has 0 bridgehead atoms. The van der Waals surface area contributed by atoms with E-state index in [0.717, 1.165) is 5.69 Å². The second kappa shape index (κ2) is 9.98. The highest BCUT2D eigenvalue weighted by molar-refractivity contribution is 6.16. The van der Waals surface area contributed by atoms with Crippen molar-refractivity contribution < 1.29 is 9.59 Å². The van der Waals surface area contributed by atoms with Gasteiger partial charge in [-0.15, -0.1) is 0 Å². The summed E-state index contributed by atoms with van der Waals surface area (Å²) < 4.78 is 0. The van der Waals surface area contributed by atoms with E-state index in [4.69, 9.17) is 16.9 Å². The summed E-state index contributed by atoms with van der Waals surface area (Å²) >= 11 is 0. The van der Waals surface area contributed by atoms with Crippen LogP contribution < -0.4 is 21.7 Å². The van der Waals surface area contributed by atoms with Crippen LogP contribution >= 0.6 is 0 Å². The molecular weight excluding hydrogens is 406 g/mol. The lowest BCUT2D eigenvalue weighted by Crippen LogP contribution is -2.34. The van der Waals surface area contributed by atoms with Gasteiger partial charge >= 0.3 is 0 Å². The third-order valence-electron chi connectivity index (χ3n) is 4.72. The maximum Gasteiger partial charge on any atom is 0.250 e. The maximum atomic E-state index is 12.3. The molecule has 9 nitrogen and oxygen atoms in total. The minimum absolute atomic E-state index is 0.0868. The van der Waals surface area contributed by atoms with Gasteiger partial charge in [-0.05, 0) is 30.3 Å². The van der Waals surface area contributed by atoms with Gasteiger partial charge in [-0.1, -0.05) is 36.9 Å². The SMILES string of the molecule is C=CC(=O)N(CCNc1ncnc(N)c1C(=N)c1ccc(C(N)=O)cc1)c1ccccc1. The first-order chi connectivity index (χ1) is 15.4. The topological polar surface area (TPSA) is 151 Å². The van der Waals surface area contributed by atoms with E-state index in [1.165, 1.54) is 24.5 Å². The third-order valence-corrected chi connectivity index (χ3v) is 4.72. The molecule has 0 saturated heterocycles. The van der Waals surface area contributed by atoms with Crippen LogP contribution in [0.25, 0.3) is 0 Å². The van der Waals surface area contributed by atoms with E-state index in [0.29, 0.717) is 35.6 Å². The molecule has 9 heteroatoms. The molecular formula is C23H23N7O2. The summed E-state index contributed by atoms with van der Waals surface area (Å²) in [6.45, 7) is 4.24. The molecule has 0 aliphatic heterocycles. The second-order valence-corrected chi connectivity index (χ2v) is 6.76. The number of nitrogens with one attached hydrogen (secondary N) is 2. The van der Waals surface area contributed by atoms with Crippen LogP contribution in [0.4, 0.5) is 17.3 Å². The molecule has 0 fully saturated rings. The zero-order chi connectivity index (χ0) is 23.1. The molecule has 0 aliphatic rings. The Labute approximate surface area is 185 Å². The van der Waals surface area contributed by atoms with Gasteiger partial charge in [0.25, 0.3) is 0 Å². The average Bonchev–Trinajstić information content (AvgIpc) is 2.81. The first-order valence-corrected chi connectivity index (χ1v) is 9.75. The Balaban J connectivity index is 1.80. The molecule has 3 rings (SSSR count). The summed E-state index contributed by atoms with van der Waals surface area (Å²) in [4.78, 5) is 33.4. The van der Waals surface area contributed by atoms with E-state index in [1.54, 1.807) is 17.0 Å². The van der Waals surface area contributed by atoms with E-state index < -0.39 is 5.91 Å². The number of nitrogens with two attached hydrogens (primary N) is 2. The molecule has 2 aromatic carbocycles. The van der Waals surface area contributed by atoms with Crippen LogP contribution in [0, 0.1) is 5.41 Å². The zero-order valence-corrected chi connectivity index (χ0v) is 17.3. The summed E-state index contributed by atoms with van der Waals surface area (Å²) in [6, 6.07) is 15.5. The second-order valence-electron chi connectivity index (χ2n) is 6.76. The van der Waals surface area contributed by atoms with Crippen molar-refractivity contribution in [1.82, 2.24) is 9.97 Å². The zero-order valence-electron chi connectivity index (χ0n) is 17.3. The number of nitrogen functional groups attached to an aromatic ring is 1. The third kappa shape index (κ3) is 4.96. The Hall–Kier alpha value is -4.53. The fraction of sp³-hybridized carbons (Fsp3) is 0.0870. The number of rotatable bonds is 9. The number of primary amides is 1. The predicted molar refractivity (Wildman–Crippen MR) is 125 cm³/mol. The molecule has 0 radical (unpaired) electrons. The van der Waals surface area contributed by atoms with Gasteiger partial charge in [0.05, 0.1) is 11.3 Å². The van der Waals surface area contributed by atoms with E-state index in [1.807, 2.05) is 30.3 Å². The van der Waals surface area contributed by atoms with Gasteiger partial charge in [0, 0.05) is 29.9 Å². The molecule has 0 aliphatic carbocycles. The molecule has 0 saturated carbocycles. The predicted octanol–water partition coefficient (Wildman–Crippen LogP) is 2.20. The van der Waals surface area contributed by atoms with Gasteiger partial charge in [0.15, 0.2) is 0 Å². The Morgan fingerprint density at radius 1 is 1.06 bits per heavy atom. The quantitative estimate of drug-likeness (QED) is 0.302. The van der Waals surface area contributed by atoms with Crippen LogP contribution in [-0.4, -0.2) is 40.6 Å². The van der Waals surface area contributed by atoms with Crippen molar-refractivity contribution in [3.05, 3.63) is 90.3 Å². The standard InChI is InChI=1S/C23H23N7O2/c1-2-18(31)30(17-6-4-3-5-7-17)13-12-27-23-19(21(25)28-14-29-23)20(24)15-8-10-16(11-9-15)22(26)32/h2-11,14,24H,1,12-13H2,(H2,26,32)(H3,25,27,28,29). The summed E-state index contributed by atoms with van der Waals surface area (Å²) in [6.07, 6.45) is 2.56. The summed E-state index contributed by atoms with van der Waals surface area (Å²) in [5, 5.41) is 11.7. The molecule has 6 N–H and O–H groups in total. The van der Waals surface area contributed by atoms with Crippen molar-refractivity contribution in [2.45, 2.75) is 0 Å². The molecule has 0 unspecified atom stereocenters. The van der Waals surface area contributed by atoms with Crippen molar-refractivity contribution in [2.75, 3.05) is 29.0 Å². The number of hydrogen-bond acceptors (Lipinski definition) is 7. The average molecular weight is 429 g/mol. The first-order valence-electron chi connectivity index (χ1n) is 9.75. The number of hydrogen-bond donors (Lipinski definition) is 4. The maximum absolute atomic E-state index is 12.3. The van der Waals surface area contributed by atoms with Gasteiger partial charge in [0.1, 0.15) is 18.0 Å². The number of aromatic nitrogens is 2. The van der Waals surface area contributed by atoms with Crippen molar-refractivity contribution >= 4 is 34.8 Å². The number of para-hydroxylation sites is 1. The van der Waals surface area contributed by atoms with Crippen LogP contribution in [0.5, 0.6) is 0 Å². The number of amides is 2. The van der Waals surface area contributed by atoms with Crippen LogP contribution in [-0.2, 0) is 4.79 Å². The first kappa shape index (κ1) is 22.2. The summed E-state index contributed by atoms with van der Waals surface area (Å²) in [5.41, 5.74) is 13.3. The van der Waals surface area contributed by atoms with Gasteiger partial charge in [-0.25, -0.2) is 9.97 Å². The highest BCUT2D eigenvalue weighted by Gasteiger charge is 2.18. The van der Waals surface area contributed by atoms with Gasteiger partial charge in [0.2, 0.25) is 11.8 Å². The Bertz CT molecular complexity index is 1140. The number of nitrogens with zero attached hydrogens (tertiary/aromatic N) is 3. The smallest absolute Gasteiger partial charge is 0.250 e. The fourth-order valence-corrected chi connectivity index (χ4v) is 3.10. The highest BCUT2D eigenvalue weighted by atomic mass is 16.2. The molecule has 162 valence electrons. The number of benzene rings is 2. The molecule has 1 heterocycles. The molecule has 0 spiro atoms. The van der Waals surface area contributed by atoms with Crippen molar-refractivity contribution in [2.24, 2.45) is 5.73 Å². The number of anilines is 3. The van der Waals surface area contributed by atoms with Crippen LogP contribution in [0.3, 0.4) is 0 Å². The lowest BCUT2D eigenvalue weighted by Gasteiger charge is -2.22. The summed E-state index contributed by atoms with van der Waals surface area (Å²) in [7, 11) is 0. The van der Waals surface area contributed by atoms with Crippen molar-refractivity contribution in [3.63, 3.8) is 0 Å². The van der Waals surface area contributed by atoms with E-state index >= 15 is 0 Å². The minimum atomic E-state index is -0.551. The minimum Gasteiger partial charge on any atom is -0.383 e. The molecule has 1 aromatic heterocycles. The molecule has 0 atom stereocenters. The van der Waals surface area contributed by atoms with E-state index in [-0.39, 0.29) is 17.4 Å². The molecule has 32 heavy (non-hydrogen) atoms. The Morgan fingerprint density at radius 3 is 2.34 bits per heavy atom. The van der Waals surface area contributed by atoms with Crippen LogP contribution in [0.15, 0.2) is 73.6 Å². The van der Waals surface area contributed by atoms with Gasteiger partial charge in [-0.3, -0.25) is 15.0 Å². The van der Waals surface area contributed by atoms with E-state index in [9.17, 15) is 9.59 Å². The van der Waals surface area contributed by atoms with Crippen LogP contribution in [0.1, 0.15) is 21.5 Å². The largest absolute Gasteiger partial charge is 0.383 e. The Kier molecular flexibility index (Phi) is 6.92. The lowest BCUT2D eigenvalue weighted by atomic mass is 10.0. The number of carbonyl (C=O) groups excluding carboxylic acids is 2. The van der Waals surface area contributed by atoms with Gasteiger partial charge in [-0.2, -0.15) is 0 Å². The highest BCUT2D eigenvalue weighted by Crippen LogP contribution is 2.22. The normalized spacial score (nSPS) is 10.2. The fourth-order valence-electron chi connectivity index (χ4n) is 3.10. The molecule has 2 amide bonds. The summed E-state index contributed by atoms with van der Waals surface area (Å²) in [5.74, 6) is -0.290. The van der Waals surface area contributed by atoms with Crippen molar-refractivity contribution in [1.29, 1.82) is 5.41 Å². The number of carbonyl (C=O) groups is 2. The van der Waals surface area contributed by atoms with Gasteiger partial charge < -0.3 is 21.7 Å².